The smallest absolute Gasteiger partial charge is 0.0408 e. The lowest BCUT2D eigenvalue weighted by molar-refractivity contribution is 0.461. The van der Waals surface area contributed by atoms with Crippen molar-refractivity contribution in [2.45, 2.75) is 46.0 Å². The van der Waals surface area contributed by atoms with Crippen LogP contribution >= 0.6 is 0 Å². The van der Waals surface area contributed by atoms with Gasteiger partial charge in [0.15, 0.2) is 0 Å². The molecule has 0 spiro atoms. The zero-order valence-electron chi connectivity index (χ0n) is 17.3. The van der Waals surface area contributed by atoms with Gasteiger partial charge >= 0.3 is 0 Å². The predicted molar refractivity (Wildman–Crippen MR) is 117 cm³/mol. The Morgan fingerprint density at radius 3 is 2.74 bits per heavy atom. The highest BCUT2D eigenvalue weighted by atomic mass is 15.1. The Balaban J connectivity index is 1.98. The Bertz CT molecular complexity index is 847. The molecule has 1 aromatic rings. The summed E-state index contributed by atoms with van der Waals surface area (Å²) in [6.07, 6.45) is 15.4. The topological polar surface area (TPSA) is 15.3 Å². The van der Waals surface area contributed by atoms with Gasteiger partial charge in [-0.25, -0.2) is 0 Å². The van der Waals surface area contributed by atoms with Crippen molar-refractivity contribution in [2.24, 2.45) is 0 Å². The van der Waals surface area contributed by atoms with Crippen LogP contribution in [0.3, 0.4) is 0 Å². The molecule has 0 aromatic heterocycles. The average molecular weight is 361 g/mol. The van der Waals surface area contributed by atoms with E-state index in [1.807, 2.05) is 13.2 Å². The molecule has 0 atom stereocenters. The van der Waals surface area contributed by atoms with Crippen molar-refractivity contribution in [3.63, 3.8) is 0 Å². The minimum atomic E-state index is 0.0595. The minimum Gasteiger partial charge on any atom is -0.394 e. The molecule has 0 saturated heterocycles. The first-order chi connectivity index (χ1) is 13.0. The Morgan fingerprint density at radius 1 is 1.22 bits per heavy atom. The maximum Gasteiger partial charge on any atom is 0.0408 e. The number of benzene rings is 1. The molecule has 0 amide bonds. The molecule has 27 heavy (non-hydrogen) atoms. The van der Waals surface area contributed by atoms with Crippen LogP contribution in [0.25, 0.3) is 5.57 Å². The highest BCUT2D eigenvalue weighted by molar-refractivity contribution is 5.78. The summed E-state index contributed by atoms with van der Waals surface area (Å²) in [5, 5.41) is 3.05. The van der Waals surface area contributed by atoms with E-state index in [1.54, 1.807) is 0 Å². The van der Waals surface area contributed by atoms with Gasteiger partial charge in [0.25, 0.3) is 0 Å². The number of fused-ring (bicyclic) bond motifs is 4. The number of rotatable bonds is 6. The highest BCUT2D eigenvalue weighted by Crippen LogP contribution is 2.47. The van der Waals surface area contributed by atoms with Crippen LogP contribution in [0.1, 0.15) is 51.7 Å². The third-order valence-electron chi connectivity index (χ3n) is 5.79. The van der Waals surface area contributed by atoms with Gasteiger partial charge in [-0.05, 0) is 61.7 Å². The van der Waals surface area contributed by atoms with Crippen molar-refractivity contribution in [2.75, 3.05) is 13.6 Å². The van der Waals surface area contributed by atoms with Gasteiger partial charge in [-0.1, -0.05) is 61.9 Å². The molecule has 3 rings (SSSR count). The lowest BCUT2D eigenvalue weighted by Gasteiger charge is -2.37. The monoisotopic (exact) mass is 360 g/mol. The molecule has 2 aliphatic rings. The summed E-state index contributed by atoms with van der Waals surface area (Å²) in [6, 6.07) is 8.88. The van der Waals surface area contributed by atoms with Crippen LogP contribution in [0, 0.1) is 0 Å². The second-order valence-corrected chi connectivity index (χ2v) is 7.82. The van der Waals surface area contributed by atoms with E-state index in [9.17, 15) is 0 Å². The average Bonchev–Trinajstić information content (AvgIpc) is 2.87. The third kappa shape index (κ3) is 3.80. The molecule has 0 aliphatic heterocycles. The molecule has 142 valence electrons. The number of hydrogen-bond acceptors (Lipinski definition) is 2. The zero-order chi connectivity index (χ0) is 19.4. The van der Waals surface area contributed by atoms with Crippen LogP contribution < -0.4 is 5.32 Å². The molecule has 1 N–H and O–H groups in total. The van der Waals surface area contributed by atoms with Gasteiger partial charge in [0.05, 0.1) is 0 Å². The van der Waals surface area contributed by atoms with Gasteiger partial charge < -0.3 is 10.2 Å². The lowest BCUT2D eigenvalue weighted by Crippen LogP contribution is -2.27. The van der Waals surface area contributed by atoms with E-state index < -0.39 is 0 Å². The molecule has 2 nitrogen and oxygen atoms in total. The number of allylic oxidation sites excluding steroid dienone is 8. The fourth-order valence-corrected chi connectivity index (χ4v) is 4.13. The number of hydrogen-bond donors (Lipinski definition) is 1. The van der Waals surface area contributed by atoms with Crippen molar-refractivity contribution in [1.29, 1.82) is 0 Å². The molecule has 1 aromatic carbocycles. The maximum absolute atomic E-state index is 3.05. The largest absolute Gasteiger partial charge is 0.394 e. The fraction of sp³-hybridized carbons (Fsp3) is 0.360. The first-order valence-corrected chi connectivity index (χ1v) is 9.97. The molecule has 2 heteroatoms. The first-order valence-electron chi connectivity index (χ1n) is 9.97. The quantitative estimate of drug-likeness (QED) is 0.677. The normalized spacial score (nSPS) is 18.3. The Labute approximate surface area is 164 Å². The number of likely N-dealkylation sites (N-methyl/N-ethyl adjacent to an activating group) is 1. The maximum atomic E-state index is 3.05. The predicted octanol–water partition coefficient (Wildman–Crippen LogP) is 5.92. The minimum absolute atomic E-state index is 0.0595. The molecule has 0 fully saturated rings. The van der Waals surface area contributed by atoms with Crippen LogP contribution in [0.4, 0.5) is 0 Å². The van der Waals surface area contributed by atoms with Gasteiger partial charge in [-0.3, -0.25) is 0 Å². The number of nitrogens with zero attached hydrogens (tertiary/aromatic N) is 1. The molecular formula is C25H32N2. The van der Waals surface area contributed by atoms with Crippen LogP contribution in [0.2, 0.25) is 0 Å². The zero-order valence-corrected chi connectivity index (χ0v) is 17.3. The van der Waals surface area contributed by atoms with Gasteiger partial charge in [0.1, 0.15) is 0 Å². The molecule has 0 unspecified atom stereocenters. The molecule has 2 aliphatic carbocycles. The standard InChI is InChI=1S/C25H32N2/c1-6-27(19(2)11-9-10-16-26-5)22-15-14-20-17-21(18-22)25(3,4)24-13-8-7-12-23(20)24/h7-8,10-16,18,26H,6,9,17H2,1-5H3/b16-10-,19-11+. The third-order valence-corrected chi connectivity index (χ3v) is 5.79. The van der Waals surface area contributed by atoms with E-state index in [1.165, 1.54) is 33.7 Å². The van der Waals surface area contributed by atoms with E-state index in [0.717, 1.165) is 19.4 Å². The first kappa shape index (κ1) is 19.3. The van der Waals surface area contributed by atoms with E-state index in [-0.39, 0.29) is 5.41 Å². The summed E-state index contributed by atoms with van der Waals surface area (Å²) in [5.74, 6) is 0. The van der Waals surface area contributed by atoms with Crippen LogP contribution in [-0.2, 0) is 5.41 Å². The van der Waals surface area contributed by atoms with E-state index in [2.05, 4.69) is 92.6 Å². The summed E-state index contributed by atoms with van der Waals surface area (Å²) in [5.41, 5.74) is 8.42. The summed E-state index contributed by atoms with van der Waals surface area (Å²) < 4.78 is 0. The van der Waals surface area contributed by atoms with E-state index >= 15 is 0 Å². The molecular weight excluding hydrogens is 328 g/mol. The summed E-state index contributed by atoms with van der Waals surface area (Å²) in [4.78, 5) is 2.42. The van der Waals surface area contributed by atoms with Gasteiger partial charge in [-0.2, -0.15) is 0 Å². The van der Waals surface area contributed by atoms with E-state index in [4.69, 9.17) is 0 Å². The van der Waals surface area contributed by atoms with Crippen LogP contribution in [-0.4, -0.2) is 18.5 Å². The molecule has 2 bridgehead atoms. The summed E-state index contributed by atoms with van der Waals surface area (Å²) >= 11 is 0. The summed E-state index contributed by atoms with van der Waals surface area (Å²) in [7, 11) is 1.93. The SMILES string of the molecule is CCN(C1=CC=C2CC(=C1)C(C)(C)c1ccccc12)/C(C)=C/C/C=C\NC. The lowest BCUT2D eigenvalue weighted by atomic mass is 9.67. The Kier molecular flexibility index (Phi) is 5.74. The highest BCUT2D eigenvalue weighted by Gasteiger charge is 2.34. The van der Waals surface area contributed by atoms with Crippen molar-refractivity contribution in [3.8, 4) is 0 Å². The number of nitrogens with one attached hydrogen (secondary N) is 1. The Hall–Kier alpha value is -2.48. The Morgan fingerprint density at radius 2 is 2.00 bits per heavy atom. The molecule has 0 heterocycles. The van der Waals surface area contributed by atoms with Crippen LogP contribution in [0.15, 0.2) is 77.8 Å². The second kappa shape index (κ2) is 8.04. The summed E-state index contributed by atoms with van der Waals surface area (Å²) in [6.45, 7) is 10.1. The van der Waals surface area contributed by atoms with Gasteiger partial charge in [0, 0.05) is 30.4 Å². The molecule has 0 radical (unpaired) electrons. The van der Waals surface area contributed by atoms with Crippen LogP contribution in [0.5, 0.6) is 0 Å². The van der Waals surface area contributed by atoms with Crippen molar-refractivity contribution < 1.29 is 0 Å². The van der Waals surface area contributed by atoms with Gasteiger partial charge in [-0.15, -0.1) is 0 Å². The van der Waals surface area contributed by atoms with Crippen molar-refractivity contribution in [3.05, 3.63) is 88.9 Å². The van der Waals surface area contributed by atoms with Gasteiger partial charge in [0.2, 0.25) is 0 Å². The molecule has 0 saturated carbocycles. The van der Waals surface area contributed by atoms with Crippen molar-refractivity contribution in [1.82, 2.24) is 10.2 Å². The van der Waals surface area contributed by atoms with E-state index in [0.29, 0.717) is 0 Å². The fourth-order valence-electron chi connectivity index (χ4n) is 4.13. The second-order valence-electron chi connectivity index (χ2n) is 7.82. The van der Waals surface area contributed by atoms with Crippen molar-refractivity contribution >= 4 is 5.57 Å².